The van der Waals surface area contributed by atoms with Crippen LogP contribution in [0.25, 0.3) is 5.69 Å². The molecule has 0 bridgehead atoms. The third kappa shape index (κ3) is 5.01. The first-order valence-electron chi connectivity index (χ1n) is 11.8. The van der Waals surface area contributed by atoms with Crippen LogP contribution in [0.3, 0.4) is 0 Å². The number of rotatable bonds is 7. The predicted molar refractivity (Wildman–Crippen MR) is 135 cm³/mol. The number of esters is 1. The molecular formula is C27H29N3O6. The van der Waals surface area contributed by atoms with E-state index in [0.717, 1.165) is 22.6 Å². The van der Waals surface area contributed by atoms with Gasteiger partial charge in [0.1, 0.15) is 5.69 Å². The third-order valence-electron chi connectivity index (χ3n) is 6.57. The second kappa shape index (κ2) is 10.3. The van der Waals surface area contributed by atoms with Crippen LogP contribution in [-0.4, -0.2) is 54.2 Å². The number of nitrogens with zero attached hydrogens (tertiary/aromatic N) is 3. The van der Waals surface area contributed by atoms with E-state index >= 15 is 0 Å². The molecule has 0 atom stereocenters. The molecule has 1 fully saturated rings. The van der Waals surface area contributed by atoms with Gasteiger partial charge in [0.05, 0.1) is 23.7 Å². The van der Waals surface area contributed by atoms with Crippen molar-refractivity contribution in [1.29, 1.82) is 0 Å². The highest BCUT2D eigenvalue weighted by Gasteiger charge is 2.25. The van der Waals surface area contributed by atoms with E-state index in [-0.39, 0.29) is 17.0 Å². The smallest absolute Gasteiger partial charge is 0.338 e. The number of nitro groups is 1. The second-order valence-corrected chi connectivity index (χ2v) is 8.95. The fourth-order valence-corrected chi connectivity index (χ4v) is 4.47. The molecule has 0 unspecified atom stereocenters. The van der Waals surface area contributed by atoms with Gasteiger partial charge in [-0.15, -0.1) is 0 Å². The van der Waals surface area contributed by atoms with Crippen LogP contribution in [-0.2, 0) is 9.47 Å². The second-order valence-electron chi connectivity index (χ2n) is 8.95. The number of ether oxygens (including phenoxy) is 2. The first-order valence-corrected chi connectivity index (χ1v) is 11.8. The van der Waals surface area contributed by atoms with Crippen LogP contribution in [0.2, 0.25) is 0 Å². The van der Waals surface area contributed by atoms with Crippen molar-refractivity contribution < 1.29 is 24.0 Å². The minimum Gasteiger partial charge on any atom is -0.454 e. The van der Waals surface area contributed by atoms with E-state index in [1.807, 2.05) is 49.3 Å². The molecule has 0 saturated carbocycles. The molecule has 0 aliphatic carbocycles. The highest BCUT2D eigenvalue weighted by molar-refractivity contribution is 6.00. The lowest BCUT2D eigenvalue weighted by Crippen LogP contribution is -2.36. The van der Waals surface area contributed by atoms with Crippen LogP contribution in [0.4, 0.5) is 11.4 Å². The van der Waals surface area contributed by atoms with Gasteiger partial charge in [-0.25, -0.2) is 4.79 Å². The summed E-state index contributed by atoms with van der Waals surface area (Å²) in [5, 5.41) is 11.7. The van der Waals surface area contributed by atoms with Crippen molar-refractivity contribution >= 4 is 23.1 Å². The normalized spacial score (nSPS) is 13.5. The molecule has 9 heteroatoms. The quantitative estimate of drug-likeness (QED) is 0.207. The molecule has 36 heavy (non-hydrogen) atoms. The minimum atomic E-state index is -0.789. The minimum absolute atomic E-state index is 0.0205. The van der Waals surface area contributed by atoms with E-state index in [9.17, 15) is 19.7 Å². The third-order valence-corrected chi connectivity index (χ3v) is 6.57. The average Bonchev–Trinajstić information content (AvgIpc) is 3.17. The van der Waals surface area contributed by atoms with Crippen LogP contribution in [0, 0.1) is 37.8 Å². The zero-order valence-corrected chi connectivity index (χ0v) is 20.9. The van der Waals surface area contributed by atoms with E-state index in [2.05, 4.69) is 6.07 Å². The maximum Gasteiger partial charge on any atom is 0.338 e. The van der Waals surface area contributed by atoms with Crippen LogP contribution >= 0.6 is 0 Å². The first-order chi connectivity index (χ1) is 17.2. The number of hydrogen-bond acceptors (Lipinski definition) is 7. The summed E-state index contributed by atoms with van der Waals surface area (Å²) in [5.74, 6) is -1.13. The highest BCUT2D eigenvalue weighted by Crippen LogP contribution is 2.30. The Morgan fingerprint density at radius 3 is 2.39 bits per heavy atom. The number of morpholine rings is 1. The van der Waals surface area contributed by atoms with Gasteiger partial charge in [0.15, 0.2) is 6.61 Å². The zero-order chi connectivity index (χ0) is 26.0. The standard InChI is InChI=1S/C27H29N3O6/c1-17-5-7-22(13-18(17)2)29-19(3)14-23(20(29)4)26(31)16-36-27(32)21-6-8-24(25(15-21)30(33)34)28-9-11-35-12-10-28/h5-8,13-15H,9-12,16H2,1-4H3. The number of anilines is 1. The molecule has 2 heterocycles. The molecule has 3 aromatic rings. The maximum absolute atomic E-state index is 12.9. The molecule has 188 valence electrons. The highest BCUT2D eigenvalue weighted by atomic mass is 16.6. The maximum atomic E-state index is 12.9. The summed E-state index contributed by atoms with van der Waals surface area (Å²) in [6.45, 7) is 9.40. The van der Waals surface area contributed by atoms with E-state index < -0.39 is 17.5 Å². The summed E-state index contributed by atoms with van der Waals surface area (Å²) in [4.78, 5) is 38.6. The van der Waals surface area contributed by atoms with Gasteiger partial charge >= 0.3 is 5.97 Å². The molecule has 9 nitrogen and oxygen atoms in total. The summed E-state index contributed by atoms with van der Waals surface area (Å²) in [6, 6.07) is 12.1. The lowest BCUT2D eigenvalue weighted by atomic mass is 10.1. The Morgan fingerprint density at radius 1 is 1.00 bits per heavy atom. The molecule has 0 N–H and O–H groups in total. The molecule has 0 radical (unpaired) electrons. The Kier molecular flexibility index (Phi) is 7.21. The molecule has 0 amide bonds. The Bertz CT molecular complexity index is 1340. The van der Waals surface area contributed by atoms with E-state index in [4.69, 9.17) is 9.47 Å². The van der Waals surface area contributed by atoms with Gasteiger partial charge in [0.2, 0.25) is 5.78 Å². The number of carbonyl (C=O) groups excluding carboxylic acids is 2. The molecule has 1 aliphatic heterocycles. The number of aromatic nitrogens is 1. The number of carbonyl (C=O) groups is 2. The van der Waals surface area contributed by atoms with Gasteiger partial charge in [-0.3, -0.25) is 14.9 Å². The fraction of sp³-hybridized carbons (Fsp3) is 0.333. The van der Waals surface area contributed by atoms with Gasteiger partial charge in [-0.1, -0.05) is 6.07 Å². The molecule has 2 aromatic carbocycles. The summed E-state index contributed by atoms with van der Waals surface area (Å²) in [6.07, 6.45) is 0. The predicted octanol–water partition coefficient (Wildman–Crippen LogP) is 4.50. The van der Waals surface area contributed by atoms with Gasteiger partial charge in [0.25, 0.3) is 5.69 Å². The Hall–Kier alpha value is -3.98. The van der Waals surface area contributed by atoms with Crippen molar-refractivity contribution in [3.8, 4) is 5.69 Å². The Labute approximate surface area is 209 Å². The molecule has 1 aliphatic rings. The van der Waals surface area contributed by atoms with Crippen molar-refractivity contribution in [3.63, 3.8) is 0 Å². The molecule has 0 spiro atoms. The van der Waals surface area contributed by atoms with Gasteiger partial charge in [-0.05, 0) is 69.2 Å². The monoisotopic (exact) mass is 491 g/mol. The lowest BCUT2D eigenvalue weighted by Gasteiger charge is -2.28. The number of hydrogen-bond donors (Lipinski definition) is 0. The molecular weight excluding hydrogens is 462 g/mol. The van der Waals surface area contributed by atoms with Crippen molar-refractivity contribution in [2.24, 2.45) is 0 Å². The van der Waals surface area contributed by atoms with Crippen molar-refractivity contribution in [2.45, 2.75) is 27.7 Å². The summed E-state index contributed by atoms with van der Waals surface area (Å²) in [7, 11) is 0. The topological polar surface area (TPSA) is 104 Å². The average molecular weight is 492 g/mol. The SMILES string of the molecule is Cc1ccc(-n2c(C)cc(C(=O)COC(=O)c3ccc(N4CCOCC4)c([N+](=O)[O-])c3)c2C)cc1C. The number of nitro benzene ring substituents is 1. The molecule has 1 saturated heterocycles. The molecule has 4 rings (SSSR count). The number of benzene rings is 2. The van der Waals surface area contributed by atoms with E-state index in [1.165, 1.54) is 17.7 Å². The van der Waals surface area contributed by atoms with Crippen LogP contribution < -0.4 is 4.90 Å². The summed E-state index contributed by atoms with van der Waals surface area (Å²) < 4.78 is 12.6. The number of ketones is 1. The van der Waals surface area contributed by atoms with Crippen LogP contribution in [0.15, 0.2) is 42.5 Å². The van der Waals surface area contributed by atoms with Gasteiger partial charge in [0, 0.05) is 41.8 Å². The van der Waals surface area contributed by atoms with Crippen molar-refractivity contribution in [2.75, 3.05) is 37.8 Å². The lowest BCUT2D eigenvalue weighted by molar-refractivity contribution is -0.384. The number of aryl methyl sites for hydroxylation is 3. The van der Waals surface area contributed by atoms with E-state index in [1.54, 1.807) is 12.1 Å². The molecule has 1 aromatic heterocycles. The Balaban J connectivity index is 1.49. The van der Waals surface area contributed by atoms with Crippen LogP contribution in [0.5, 0.6) is 0 Å². The van der Waals surface area contributed by atoms with Crippen molar-refractivity contribution in [1.82, 2.24) is 4.57 Å². The zero-order valence-electron chi connectivity index (χ0n) is 20.9. The van der Waals surface area contributed by atoms with Gasteiger partial charge in [-0.2, -0.15) is 0 Å². The number of Topliss-reactive ketones (excluding diaryl/α,β-unsaturated/α-hetero) is 1. The summed E-state index contributed by atoms with van der Waals surface area (Å²) in [5.41, 5.74) is 5.65. The van der Waals surface area contributed by atoms with Crippen LogP contribution in [0.1, 0.15) is 43.2 Å². The first kappa shape index (κ1) is 25.1. The Morgan fingerprint density at radius 2 is 1.72 bits per heavy atom. The fourth-order valence-electron chi connectivity index (χ4n) is 4.47. The van der Waals surface area contributed by atoms with Crippen molar-refractivity contribution in [3.05, 3.63) is 86.2 Å². The van der Waals surface area contributed by atoms with Gasteiger partial charge < -0.3 is 18.9 Å². The van der Waals surface area contributed by atoms with E-state index in [0.29, 0.717) is 37.6 Å². The summed E-state index contributed by atoms with van der Waals surface area (Å²) >= 11 is 0. The largest absolute Gasteiger partial charge is 0.454 e.